The first-order valence-corrected chi connectivity index (χ1v) is 19.1. The van der Waals surface area contributed by atoms with Gasteiger partial charge in [0.1, 0.15) is 0 Å². The van der Waals surface area contributed by atoms with E-state index in [9.17, 15) is 0 Å². The number of nitrogens with zero attached hydrogens (tertiary/aromatic N) is 1. The van der Waals surface area contributed by atoms with Gasteiger partial charge in [-0.15, -0.1) is 0 Å². The van der Waals surface area contributed by atoms with Gasteiger partial charge in [-0.3, -0.25) is 0 Å². The molecule has 0 radical (unpaired) electrons. The fourth-order valence-electron chi connectivity index (χ4n) is 7.78. The molecule has 0 saturated carbocycles. The predicted octanol–water partition coefficient (Wildman–Crippen LogP) is 15.1. The Morgan fingerprint density at radius 3 is 1.27 bits per heavy atom. The van der Waals surface area contributed by atoms with Crippen molar-refractivity contribution in [2.24, 2.45) is 0 Å². The summed E-state index contributed by atoms with van der Waals surface area (Å²) in [7, 11) is 0. The Balaban J connectivity index is 0.000000800. The first kappa shape index (κ1) is 37.4. The third kappa shape index (κ3) is 6.56. The molecular formula is C50H57N. The lowest BCUT2D eigenvalue weighted by Gasteiger charge is -2.26. The smallest absolute Gasteiger partial charge is 0.0462 e. The van der Waals surface area contributed by atoms with Crippen LogP contribution in [0.5, 0.6) is 0 Å². The number of aryl methyl sites for hydroxylation is 2. The molecule has 0 bridgehead atoms. The van der Waals surface area contributed by atoms with Gasteiger partial charge in [0, 0.05) is 27.9 Å². The van der Waals surface area contributed by atoms with E-state index >= 15 is 0 Å². The van der Waals surface area contributed by atoms with Crippen molar-refractivity contribution in [3.63, 3.8) is 0 Å². The first-order chi connectivity index (χ1) is 24.6. The zero-order chi connectivity index (χ0) is 37.1. The summed E-state index contributed by atoms with van der Waals surface area (Å²) in [6.45, 7) is 25.9. The van der Waals surface area contributed by atoms with Crippen LogP contribution in [0.25, 0.3) is 33.4 Å². The maximum absolute atomic E-state index is 2.51. The van der Waals surface area contributed by atoms with Crippen LogP contribution in [0, 0.1) is 13.8 Å². The van der Waals surface area contributed by atoms with Crippen molar-refractivity contribution >= 4 is 17.1 Å². The standard InChI is InChI=1S/C44H39N.3C2H6/c1-28-12-18-33(19-13-28)45(32-10-8-7-9-11-32)34-20-15-30(16-21-34)31-17-23-36-38-27-41-37(26-42(38)44(5,6)40(36)25-31)35-22-14-29(2)24-39(35)43(41,3)4;3*1-2/h7-27H,1-6H3;3*1-2H3. The highest BCUT2D eigenvalue weighted by Gasteiger charge is 2.41. The highest BCUT2D eigenvalue weighted by Crippen LogP contribution is 2.56. The van der Waals surface area contributed by atoms with E-state index in [4.69, 9.17) is 0 Å². The molecule has 0 fully saturated rings. The lowest BCUT2D eigenvalue weighted by Crippen LogP contribution is -2.17. The third-order valence-corrected chi connectivity index (χ3v) is 10.4. The minimum absolute atomic E-state index is 0.00743. The molecule has 0 amide bonds. The van der Waals surface area contributed by atoms with Crippen molar-refractivity contribution in [3.05, 3.63) is 161 Å². The van der Waals surface area contributed by atoms with Gasteiger partial charge in [0.05, 0.1) is 0 Å². The third-order valence-electron chi connectivity index (χ3n) is 10.4. The summed E-state index contributed by atoms with van der Waals surface area (Å²) < 4.78 is 0. The van der Waals surface area contributed by atoms with E-state index < -0.39 is 0 Å². The lowest BCUT2D eigenvalue weighted by atomic mass is 9.79. The van der Waals surface area contributed by atoms with Gasteiger partial charge in [-0.25, -0.2) is 0 Å². The maximum Gasteiger partial charge on any atom is 0.0462 e. The molecule has 0 atom stereocenters. The number of anilines is 3. The second-order valence-electron chi connectivity index (χ2n) is 14.1. The monoisotopic (exact) mass is 671 g/mol. The molecule has 8 rings (SSSR count). The second-order valence-corrected chi connectivity index (χ2v) is 14.1. The average Bonchev–Trinajstić information content (AvgIpc) is 3.53. The van der Waals surface area contributed by atoms with Crippen molar-refractivity contribution in [1.82, 2.24) is 0 Å². The topological polar surface area (TPSA) is 3.24 Å². The molecule has 0 unspecified atom stereocenters. The molecule has 0 aromatic heterocycles. The zero-order valence-electron chi connectivity index (χ0n) is 33.1. The Bertz CT molecular complexity index is 2100. The molecule has 0 aliphatic heterocycles. The number of benzene rings is 6. The molecule has 6 aromatic carbocycles. The Hall–Kier alpha value is -4.88. The summed E-state index contributed by atoms with van der Waals surface area (Å²) in [6, 6.07) is 47.5. The minimum Gasteiger partial charge on any atom is -0.311 e. The molecule has 2 aliphatic carbocycles. The molecule has 262 valence electrons. The quantitative estimate of drug-likeness (QED) is 0.180. The molecule has 51 heavy (non-hydrogen) atoms. The van der Waals surface area contributed by atoms with Gasteiger partial charge in [0.25, 0.3) is 0 Å². The van der Waals surface area contributed by atoms with Gasteiger partial charge in [0.2, 0.25) is 0 Å². The van der Waals surface area contributed by atoms with Gasteiger partial charge in [0.15, 0.2) is 0 Å². The Morgan fingerprint density at radius 1 is 0.353 bits per heavy atom. The normalized spacial score (nSPS) is 13.4. The molecule has 0 saturated heterocycles. The van der Waals surface area contributed by atoms with Crippen molar-refractivity contribution in [1.29, 1.82) is 0 Å². The van der Waals surface area contributed by atoms with Crippen molar-refractivity contribution < 1.29 is 0 Å². The van der Waals surface area contributed by atoms with Crippen LogP contribution < -0.4 is 4.90 Å². The number of rotatable bonds is 4. The predicted molar refractivity (Wildman–Crippen MR) is 225 cm³/mol. The molecule has 0 N–H and O–H groups in total. The highest BCUT2D eigenvalue weighted by molar-refractivity contribution is 5.91. The van der Waals surface area contributed by atoms with E-state index in [-0.39, 0.29) is 10.8 Å². The van der Waals surface area contributed by atoms with E-state index in [1.807, 2.05) is 41.5 Å². The summed E-state index contributed by atoms with van der Waals surface area (Å²) in [5.41, 5.74) is 19.8. The number of hydrogen-bond donors (Lipinski definition) is 0. The van der Waals surface area contributed by atoms with Crippen LogP contribution >= 0.6 is 0 Å². The Morgan fingerprint density at radius 2 is 0.745 bits per heavy atom. The molecule has 1 heteroatoms. The van der Waals surface area contributed by atoms with Crippen molar-refractivity contribution in [3.8, 4) is 33.4 Å². The fraction of sp³-hybridized carbons (Fsp3) is 0.280. The number of hydrogen-bond acceptors (Lipinski definition) is 1. The van der Waals surface area contributed by atoms with Crippen LogP contribution in [0.1, 0.15) is 103 Å². The van der Waals surface area contributed by atoms with Crippen LogP contribution in [0.4, 0.5) is 17.1 Å². The van der Waals surface area contributed by atoms with Gasteiger partial charge in [-0.2, -0.15) is 0 Å². The average molecular weight is 672 g/mol. The van der Waals surface area contributed by atoms with Crippen molar-refractivity contribution in [2.75, 3.05) is 4.90 Å². The first-order valence-electron chi connectivity index (χ1n) is 19.1. The summed E-state index contributed by atoms with van der Waals surface area (Å²) in [4.78, 5) is 2.33. The van der Waals surface area contributed by atoms with Crippen LogP contribution in [-0.2, 0) is 10.8 Å². The van der Waals surface area contributed by atoms with Crippen LogP contribution in [-0.4, -0.2) is 0 Å². The largest absolute Gasteiger partial charge is 0.311 e. The van der Waals surface area contributed by atoms with Crippen LogP contribution in [0.3, 0.4) is 0 Å². The minimum atomic E-state index is -0.0806. The lowest BCUT2D eigenvalue weighted by molar-refractivity contribution is 0.652. The summed E-state index contributed by atoms with van der Waals surface area (Å²) >= 11 is 0. The SMILES string of the molecule is CC.CC.CC.Cc1ccc(N(c2ccccc2)c2ccc(-c3ccc4c(c3)C(C)(C)c3cc5c(cc3-4)C(C)(C)c3cc(C)ccc3-5)cc2)cc1. The molecule has 0 spiro atoms. The molecule has 2 aliphatic rings. The highest BCUT2D eigenvalue weighted by atomic mass is 15.1. The van der Waals surface area contributed by atoms with Crippen LogP contribution in [0.15, 0.2) is 127 Å². The second kappa shape index (κ2) is 15.2. The fourth-order valence-corrected chi connectivity index (χ4v) is 7.78. The molecule has 1 nitrogen and oxygen atoms in total. The Labute approximate surface area is 309 Å². The van der Waals surface area contributed by atoms with Gasteiger partial charge in [-0.05, 0) is 124 Å². The van der Waals surface area contributed by atoms with Crippen LogP contribution in [0.2, 0.25) is 0 Å². The summed E-state index contributed by atoms with van der Waals surface area (Å²) in [5, 5.41) is 0. The van der Waals surface area contributed by atoms with E-state index in [1.165, 1.54) is 66.8 Å². The van der Waals surface area contributed by atoms with E-state index in [0.717, 1.165) is 17.1 Å². The molecule has 0 heterocycles. The van der Waals surface area contributed by atoms with Crippen molar-refractivity contribution in [2.45, 2.75) is 93.9 Å². The summed E-state index contributed by atoms with van der Waals surface area (Å²) in [5.74, 6) is 0. The van der Waals surface area contributed by atoms with E-state index in [2.05, 4.69) is 174 Å². The molecule has 6 aromatic rings. The van der Waals surface area contributed by atoms with E-state index in [0.29, 0.717) is 0 Å². The van der Waals surface area contributed by atoms with Gasteiger partial charge in [-0.1, -0.05) is 153 Å². The zero-order valence-corrected chi connectivity index (χ0v) is 33.1. The van der Waals surface area contributed by atoms with E-state index in [1.54, 1.807) is 0 Å². The molecular weight excluding hydrogens is 615 g/mol. The number of fused-ring (bicyclic) bond motifs is 6. The van der Waals surface area contributed by atoms with Gasteiger partial charge < -0.3 is 4.90 Å². The van der Waals surface area contributed by atoms with Gasteiger partial charge >= 0.3 is 0 Å². The Kier molecular flexibility index (Phi) is 11.1. The number of para-hydroxylation sites is 1. The summed E-state index contributed by atoms with van der Waals surface area (Å²) in [6.07, 6.45) is 0. The maximum atomic E-state index is 2.51.